The molecule has 2 aromatic rings. The summed E-state index contributed by atoms with van der Waals surface area (Å²) in [5.41, 5.74) is -2.72. The quantitative estimate of drug-likeness (QED) is 0.273. The van der Waals surface area contributed by atoms with Gasteiger partial charge in [-0.15, -0.1) is 0 Å². The zero-order chi connectivity index (χ0) is 39.5. The van der Waals surface area contributed by atoms with E-state index in [1.165, 1.54) is 4.90 Å². The number of carbonyl (C=O) groups excluding carboxylic acids is 4. The van der Waals surface area contributed by atoms with Gasteiger partial charge in [-0.05, 0) is 66.0 Å². The molecule has 3 fully saturated rings. The predicted molar refractivity (Wildman–Crippen MR) is 189 cm³/mol. The van der Waals surface area contributed by atoms with Gasteiger partial charge in [0.15, 0.2) is 0 Å². The van der Waals surface area contributed by atoms with Gasteiger partial charge < -0.3 is 20.3 Å². The lowest BCUT2D eigenvalue weighted by Crippen LogP contribution is -2.58. The summed E-state index contributed by atoms with van der Waals surface area (Å²) in [7, 11) is -3.95. The lowest BCUT2D eigenvalue weighted by molar-refractivity contribution is -0.141. The number of likely N-dealkylation sites (tertiary alicyclic amines) is 1. The minimum absolute atomic E-state index is 0.150. The van der Waals surface area contributed by atoms with Crippen LogP contribution in [-0.4, -0.2) is 77.6 Å². The molecule has 0 bridgehead atoms. The number of amides is 4. The average Bonchev–Trinajstić information content (AvgIpc) is 3.97. The number of alkyl halides is 3. The third-order valence-corrected chi connectivity index (χ3v) is 12.7. The summed E-state index contributed by atoms with van der Waals surface area (Å²) >= 11 is 6.33. The number of hydrogen-bond acceptors (Lipinski definition) is 8. The fraction of sp³-hybridized carbons (Fsp3) is 0.556. The van der Waals surface area contributed by atoms with Gasteiger partial charge in [0, 0.05) is 23.7 Å². The first-order chi connectivity index (χ1) is 25.1. The summed E-state index contributed by atoms with van der Waals surface area (Å²) < 4.78 is 88.2. The van der Waals surface area contributed by atoms with E-state index in [9.17, 15) is 45.2 Å². The molecule has 0 aromatic heterocycles. The van der Waals surface area contributed by atoms with Crippen LogP contribution in [0.1, 0.15) is 76.5 Å². The molecule has 0 spiro atoms. The SMILES string of the molecule is CC[C@H]1C[C@]1(NC(=O)[C@@H]1CC(OC(=O)N2Cc3cccc(Cl)c3C2)CN1C(=O)[C@@H](Nc1ccc(F)c(C(F)(F)F)c1)C(C)(C)C)C(=O)NS(=O)(=O)C1CC1. The van der Waals surface area contributed by atoms with Gasteiger partial charge >= 0.3 is 12.3 Å². The van der Waals surface area contributed by atoms with Crippen LogP contribution in [0.25, 0.3) is 0 Å². The Kier molecular flexibility index (Phi) is 10.4. The predicted octanol–water partition coefficient (Wildman–Crippen LogP) is 5.34. The van der Waals surface area contributed by atoms with Gasteiger partial charge in [-0.3, -0.25) is 24.0 Å². The first-order valence-electron chi connectivity index (χ1n) is 17.7. The number of nitrogens with zero attached hydrogens (tertiary/aromatic N) is 2. The van der Waals surface area contributed by atoms with E-state index in [1.54, 1.807) is 39.8 Å². The second kappa shape index (κ2) is 14.2. The van der Waals surface area contributed by atoms with Crippen molar-refractivity contribution in [2.45, 2.75) is 108 Å². The summed E-state index contributed by atoms with van der Waals surface area (Å²) in [6, 6.07) is 4.91. The molecule has 54 heavy (non-hydrogen) atoms. The number of halogens is 5. The highest BCUT2D eigenvalue weighted by atomic mass is 35.5. The van der Waals surface area contributed by atoms with E-state index in [-0.39, 0.29) is 38.2 Å². The Morgan fingerprint density at radius 1 is 1.07 bits per heavy atom. The molecule has 3 N–H and O–H groups in total. The number of hydrogen-bond donors (Lipinski definition) is 3. The van der Waals surface area contributed by atoms with Crippen LogP contribution in [0.5, 0.6) is 0 Å². The second-order valence-electron chi connectivity index (χ2n) is 15.6. The van der Waals surface area contributed by atoms with Crippen molar-refractivity contribution in [1.29, 1.82) is 0 Å². The largest absolute Gasteiger partial charge is 0.444 e. The molecule has 12 nitrogen and oxygen atoms in total. The van der Waals surface area contributed by atoms with Gasteiger partial charge in [-0.2, -0.15) is 13.2 Å². The van der Waals surface area contributed by atoms with Crippen molar-refractivity contribution in [3.8, 4) is 0 Å². The number of fused-ring (bicyclic) bond motifs is 1. The van der Waals surface area contributed by atoms with Crippen LogP contribution in [-0.2, 0) is 48.4 Å². The van der Waals surface area contributed by atoms with Crippen molar-refractivity contribution in [2.24, 2.45) is 11.3 Å². The fourth-order valence-electron chi connectivity index (χ4n) is 7.21. The van der Waals surface area contributed by atoms with Gasteiger partial charge in [0.2, 0.25) is 21.8 Å². The van der Waals surface area contributed by atoms with E-state index in [2.05, 4.69) is 15.4 Å². The van der Waals surface area contributed by atoms with Crippen LogP contribution in [0.3, 0.4) is 0 Å². The highest BCUT2D eigenvalue weighted by Gasteiger charge is 2.62. The van der Waals surface area contributed by atoms with Gasteiger partial charge in [0.05, 0.1) is 23.9 Å². The first kappa shape index (κ1) is 39.6. The normalized spacial score (nSPS) is 24.4. The van der Waals surface area contributed by atoms with Crippen LogP contribution >= 0.6 is 11.6 Å². The Labute approximate surface area is 315 Å². The van der Waals surface area contributed by atoms with Crippen molar-refractivity contribution in [1.82, 2.24) is 19.8 Å². The minimum Gasteiger partial charge on any atom is -0.444 e. The molecule has 6 rings (SSSR count). The summed E-state index contributed by atoms with van der Waals surface area (Å²) in [4.78, 5) is 58.2. The molecule has 1 saturated heterocycles. The van der Waals surface area contributed by atoms with E-state index in [1.807, 2.05) is 6.07 Å². The van der Waals surface area contributed by atoms with Crippen LogP contribution in [0, 0.1) is 17.2 Å². The number of carbonyl (C=O) groups is 4. The topological polar surface area (TPSA) is 154 Å². The monoisotopic (exact) mass is 799 g/mol. The van der Waals surface area contributed by atoms with Crippen LogP contribution in [0.4, 0.5) is 28.0 Å². The van der Waals surface area contributed by atoms with Crippen LogP contribution in [0.2, 0.25) is 5.02 Å². The Bertz CT molecular complexity index is 1970. The number of anilines is 1. The van der Waals surface area contributed by atoms with E-state index in [0.29, 0.717) is 36.4 Å². The molecule has 2 aliphatic heterocycles. The molecule has 4 aliphatic rings. The van der Waals surface area contributed by atoms with E-state index in [0.717, 1.165) is 22.1 Å². The van der Waals surface area contributed by atoms with Gasteiger partial charge in [0.1, 0.15) is 29.5 Å². The molecule has 294 valence electrons. The Morgan fingerprint density at radius 2 is 1.78 bits per heavy atom. The molecule has 0 radical (unpaired) electrons. The maximum atomic E-state index is 14.5. The number of benzene rings is 2. The number of ether oxygens (including phenoxy) is 1. The zero-order valence-electron chi connectivity index (χ0n) is 30.1. The molecule has 4 amide bonds. The number of rotatable bonds is 10. The summed E-state index contributed by atoms with van der Waals surface area (Å²) in [6.45, 7) is 6.80. The van der Waals surface area contributed by atoms with Crippen molar-refractivity contribution in [3.05, 3.63) is 63.9 Å². The lowest BCUT2D eigenvalue weighted by Gasteiger charge is -2.36. The highest BCUT2D eigenvalue weighted by Crippen LogP contribution is 2.47. The van der Waals surface area contributed by atoms with Gasteiger partial charge in [-0.1, -0.05) is 57.8 Å². The molecule has 2 saturated carbocycles. The first-order valence-corrected chi connectivity index (χ1v) is 19.6. The fourth-order valence-corrected chi connectivity index (χ4v) is 8.83. The smallest absolute Gasteiger partial charge is 0.419 e. The highest BCUT2D eigenvalue weighted by molar-refractivity contribution is 7.91. The summed E-state index contributed by atoms with van der Waals surface area (Å²) in [5.74, 6) is -4.32. The molecule has 2 aliphatic carbocycles. The van der Waals surface area contributed by atoms with E-state index >= 15 is 0 Å². The van der Waals surface area contributed by atoms with Crippen LogP contribution in [0.15, 0.2) is 36.4 Å². The zero-order valence-corrected chi connectivity index (χ0v) is 31.6. The maximum Gasteiger partial charge on any atom is 0.419 e. The standard InChI is InChI=1S/C36H42ClF4N5O7S/c1-5-20-15-35(20,32(49)44-54(51,52)23-10-11-23)43-30(47)28-14-22(53-33(50)45-16-19-7-6-8-26(37)24(19)18-45)17-46(28)31(48)29(34(2,3)4)42-21-9-12-27(38)25(13-21)36(39,40)41/h6-9,12-13,20,22-23,28-29,42H,5,10-11,14-18H2,1-4H3,(H,43,47)(H,44,49)/t20-,22?,28-,29+,35+/m0/s1. The Balaban J connectivity index is 1.27. The molecule has 5 atom stereocenters. The van der Waals surface area contributed by atoms with Gasteiger partial charge in [0.25, 0.3) is 5.91 Å². The second-order valence-corrected chi connectivity index (χ2v) is 17.9. The number of nitrogens with one attached hydrogen (secondary N) is 3. The van der Waals surface area contributed by atoms with Crippen molar-refractivity contribution in [3.63, 3.8) is 0 Å². The third-order valence-electron chi connectivity index (χ3n) is 10.5. The van der Waals surface area contributed by atoms with E-state index < -0.39 is 91.7 Å². The molecule has 18 heteroatoms. The van der Waals surface area contributed by atoms with Crippen molar-refractivity contribution in [2.75, 3.05) is 11.9 Å². The average molecular weight is 800 g/mol. The third kappa shape index (κ3) is 7.97. The van der Waals surface area contributed by atoms with Crippen molar-refractivity contribution >= 4 is 51.1 Å². The minimum atomic E-state index is -5.01. The number of sulfonamides is 1. The molecule has 1 unspecified atom stereocenters. The van der Waals surface area contributed by atoms with Gasteiger partial charge in [-0.25, -0.2) is 17.6 Å². The van der Waals surface area contributed by atoms with Crippen LogP contribution < -0.4 is 15.4 Å². The molecule has 2 heterocycles. The summed E-state index contributed by atoms with van der Waals surface area (Å²) in [5, 5.41) is 5.31. The van der Waals surface area contributed by atoms with E-state index in [4.69, 9.17) is 16.3 Å². The Morgan fingerprint density at radius 3 is 2.37 bits per heavy atom. The molecule has 2 aromatic carbocycles. The molecular formula is C36H42ClF4N5O7S. The Hall–Kier alpha value is -4.12. The summed E-state index contributed by atoms with van der Waals surface area (Å²) in [6.07, 6.45) is -5.57. The lowest BCUT2D eigenvalue weighted by atomic mass is 9.85. The molecular weight excluding hydrogens is 758 g/mol. The van der Waals surface area contributed by atoms with Crippen molar-refractivity contribution < 1.29 is 49.9 Å². The maximum absolute atomic E-state index is 14.5.